The van der Waals surface area contributed by atoms with E-state index in [1.807, 2.05) is 36.4 Å². The van der Waals surface area contributed by atoms with Crippen LogP contribution in [0.3, 0.4) is 0 Å². The van der Waals surface area contributed by atoms with E-state index in [1.54, 1.807) is 17.0 Å². The maximum atomic E-state index is 13.6. The fourth-order valence-corrected chi connectivity index (χ4v) is 5.33. The summed E-state index contributed by atoms with van der Waals surface area (Å²) >= 11 is 1.26. The van der Waals surface area contributed by atoms with Gasteiger partial charge >= 0.3 is 5.97 Å². The number of thiophene rings is 1. The molecule has 5 rings (SSSR count). The Morgan fingerprint density at radius 2 is 1.91 bits per heavy atom. The van der Waals surface area contributed by atoms with E-state index in [0.29, 0.717) is 30.1 Å². The third-order valence-corrected chi connectivity index (χ3v) is 7.01. The van der Waals surface area contributed by atoms with Crippen molar-refractivity contribution in [1.82, 2.24) is 4.98 Å². The van der Waals surface area contributed by atoms with Crippen LogP contribution < -0.4 is 9.80 Å². The van der Waals surface area contributed by atoms with E-state index >= 15 is 0 Å². The lowest BCUT2D eigenvalue weighted by atomic mass is 10.1. The second-order valence-corrected chi connectivity index (χ2v) is 8.88. The van der Waals surface area contributed by atoms with Crippen LogP contribution in [0.15, 0.2) is 48.5 Å². The fraction of sp³-hybridized carbons (Fsp3) is 0.292. The smallest absolute Gasteiger partial charge is 0.345 e. The Balaban J connectivity index is 1.49. The molecule has 4 heterocycles. The van der Waals surface area contributed by atoms with Crippen LogP contribution in [-0.2, 0) is 11.2 Å². The average molecular weight is 450 g/mol. The summed E-state index contributed by atoms with van der Waals surface area (Å²) in [5, 5.41) is 9.42. The van der Waals surface area contributed by atoms with Gasteiger partial charge in [0.25, 0.3) is 5.91 Å². The van der Waals surface area contributed by atoms with Gasteiger partial charge in [-0.3, -0.25) is 4.79 Å². The van der Waals surface area contributed by atoms with E-state index in [0.717, 1.165) is 53.6 Å². The van der Waals surface area contributed by atoms with E-state index in [-0.39, 0.29) is 5.91 Å². The largest absolute Gasteiger partial charge is 0.477 e. The summed E-state index contributed by atoms with van der Waals surface area (Å²) in [6, 6.07) is 15.0. The molecule has 1 aromatic carbocycles. The second kappa shape index (κ2) is 8.72. The highest BCUT2D eigenvalue weighted by atomic mass is 32.1. The van der Waals surface area contributed by atoms with Crippen LogP contribution in [0.2, 0.25) is 0 Å². The van der Waals surface area contributed by atoms with Crippen molar-refractivity contribution >= 4 is 34.7 Å². The van der Waals surface area contributed by atoms with Gasteiger partial charge in [0.15, 0.2) is 0 Å². The first kappa shape index (κ1) is 20.7. The Morgan fingerprint density at radius 3 is 2.78 bits per heavy atom. The minimum atomic E-state index is -0.923. The number of aromatic carboxylic acids is 1. The van der Waals surface area contributed by atoms with Crippen molar-refractivity contribution in [3.63, 3.8) is 0 Å². The van der Waals surface area contributed by atoms with Crippen molar-refractivity contribution in [2.75, 3.05) is 42.6 Å². The van der Waals surface area contributed by atoms with Crippen LogP contribution in [-0.4, -0.2) is 54.8 Å². The minimum absolute atomic E-state index is 0.154. The van der Waals surface area contributed by atoms with Crippen molar-refractivity contribution in [3.8, 4) is 10.4 Å². The Bertz CT molecular complexity index is 1170. The van der Waals surface area contributed by atoms with Gasteiger partial charge in [-0.2, -0.15) is 0 Å². The van der Waals surface area contributed by atoms with Gasteiger partial charge in [0, 0.05) is 36.7 Å². The molecule has 8 heteroatoms. The standard InChI is InChI=1S/C24H23N3O4S/c28-23(18-6-3-8-21(25-18)26-10-4-13-31-14-12-26)27-11-9-16-15-20(24(29)30)32-22(16)17-5-1-2-7-19(17)27/h1-3,5-8,15H,4,9-14H2,(H,29,30). The zero-order valence-corrected chi connectivity index (χ0v) is 18.3. The highest BCUT2D eigenvalue weighted by Gasteiger charge is 2.28. The number of aromatic nitrogens is 1. The maximum absolute atomic E-state index is 13.6. The Hall–Kier alpha value is -3.23. The van der Waals surface area contributed by atoms with Gasteiger partial charge in [-0.25, -0.2) is 9.78 Å². The molecule has 0 radical (unpaired) electrons. The van der Waals surface area contributed by atoms with Crippen LogP contribution in [0, 0.1) is 0 Å². The molecule has 3 aromatic rings. The summed E-state index contributed by atoms with van der Waals surface area (Å²) < 4.78 is 5.54. The highest BCUT2D eigenvalue weighted by Crippen LogP contribution is 2.41. The number of para-hydroxylation sites is 1. The van der Waals surface area contributed by atoms with Crippen LogP contribution in [0.25, 0.3) is 10.4 Å². The molecule has 0 atom stereocenters. The Kier molecular flexibility index (Phi) is 5.63. The predicted octanol–water partition coefficient (Wildman–Crippen LogP) is 3.94. The number of pyridine rings is 1. The molecule has 2 aliphatic heterocycles. The summed E-state index contributed by atoms with van der Waals surface area (Å²) in [7, 11) is 0. The molecule has 2 aromatic heterocycles. The van der Waals surface area contributed by atoms with Crippen LogP contribution in [0.5, 0.6) is 0 Å². The molecule has 1 fully saturated rings. The summed E-state index contributed by atoms with van der Waals surface area (Å²) in [6.07, 6.45) is 1.52. The second-order valence-electron chi connectivity index (χ2n) is 7.83. The number of nitrogens with zero attached hydrogens (tertiary/aromatic N) is 3. The lowest BCUT2D eigenvalue weighted by Gasteiger charge is -2.24. The third-order valence-electron chi connectivity index (χ3n) is 5.81. The number of carboxylic acid groups (broad SMARTS) is 1. The van der Waals surface area contributed by atoms with E-state index in [1.165, 1.54) is 11.3 Å². The average Bonchev–Trinajstić information content (AvgIpc) is 2.97. The van der Waals surface area contributed by atoms with Crippen molar-refractivity contribution in [2.24, 2.45) is 0 Å². The van der Waals surface area contributed by atoms with Gasteiger partial charge < -0.3 is 19.6 Å². The molecular weight excluding hydrogens is 426 g/mol. The SMILES string of the molecule is O=C(O)c1cc2c(s1)-c1ccccc1N(C(=O)c1cccc(N3CCCOCC3)n1)CC2. The number of carbonyl (C=O) groups is 2. The van der Waals surface area contributed by atoms with Gasteiger partial charge in [0.1, 0.15) is 16.4 Å². The number of carbonyl (C=O) groups excluding carboxylic acids is 1. The van der Waals surface area contributed by atoms with E-state index < -0.39 is 5.97 Å². The Labute approximate surface area is 189 Å². The van der Waals surface area contributed by atoms with Gasteiger partial charge in [0.05, 0.1) is 12.3 Å². The number of ether oxygens (including phenoxy) is 1. The fourth-order valence-electron chi connectivity index (χ4n) is 4.24. The number of carboxylic acids is 1. The third kappa shape index (κ3) is 3.87. The summed E-state index contributed by atoms with van der Waals surface area (Å²) in [5.74, 6) is -0.290. The lowest BCUT2D eigenvalue weighted by Crippen LogP contribution is -2.34. The van der Waals surface area contributed by atoms with Crippen LogP contribution in [0.4, 0.5) is 11.5 Å². The van der Waals surface area contributed by atoms with E-state index in [4.69, 9.17) is 9.72 Å². The van der Waals surface area contributed by atoms with Gasteiger partial charge in [0.2, 0.25) is 0 Å². The number of amides is 1. The highest BCUT2D eigenvalue weighted by molar-refractivity contribution is 7.17. The predicted molar refractivity (Wildman–Crippen MR) is 124 cm³/mol. The first-order chi connectivity index (χ1) is 15.6. The Morgan fingerprint density at radius 1 is 1.03 bits per heavy atom. The monoisotopic (exact) mass is 449 g/mol. The molecule has 1 saturated heterocycles. The molecule has 0 unspecified atom stereocenters. The molecule has 0 aliphatic carbocycles. The molecule has 164 valence electrons. The summed E-state index contributed by atoms with van der Waals surface area (Å²) in [6.45, 7) is 3.46. The van der Waals surface area contributed by atoms with Crippen molar-refractivity contribution in [2.45, 2.75) is 12.8 Å². The molecule has 32 heavy (non-hydrogen) atoms. The van der Waals surface area contributed by atoms with Gasteiger partial charge in [-0.15, -0.1) is 11.3 Å². The lowest BCUT2D eigenvalue weighted by molar-refractivity contribution is 0.0701. The zero-order chi connectivity index (χ0) is 22.1. The first-order valence-corrected chi connectivity index (χ1v) is 11.5. The molecule has 1 N–H and O–H groups in total. The maximum Gasteiger partial charge on any atom is 0.345 e. The van der Waals surface area contributed by atoms with Crippen molar-refractivity contribution in [3.05, 3.63) is 64.7 Å². The van der Waals surface area contributed by atoms with E-state index in [9.17, 15) is 14.7 Å². The molecular formula is C24H23N3O4S. The summed E-state index contributed by atoms with van der Waals surface area (Å²) in [4.78, 5) is 34.9. The zero-order valence-electron chi connectivity index (χ0n) is 17.5. The molecule has 0 spiro atoms. The molecule has 0 bridgehead atoms. The minimum Gasteiger partial charge on any atom is -0.477 e. The van der Waals surface area contributed by atoms with Crippen molar-refractivity contribution in [1.29, 1.82) is 0 Å². The molecule has 7 nitrogen and oxygen atoms in total. The first-order valence-electron chi connectivity index (χ1n) is 10.7. The van der Waals surface area contributed by atoms with Crippen molar-refractivity contribution < 1.29 is 19.4 Å². The number of anilines is 2. The topological polar surface area (TPSA) is 83.0 Å². The number of fused-ring (bicyclic) bond motifs is 3. The van der Waals surface area contributed by atoms with Gasteiger partial charge in [-0.05, 0) is 42.7 Å². The van der Waals surface area contributed by atoms with Crippen LogP contribution in [0.1, 0.15) is 32.1 Å². The molecule has 1 amide bonds. The number of hydrogen-bond acceptors (Lipinski definition) is 6. The normalized spacial score (nSPS) is 16.0. The summed E-state index contributed by atoms with van der Waals surface area (Å²) in [5.41, 5.74) is 3.03. The molecule has 2 aliphatic rings. The molecule has 0 saturated carbocycles. The number of hydrogen-bond donors (Lipinski definition) is 1. The van der Waals surface area contributed by atoms with E-state index in [2.05, 4.69) is 4.90 Å². The van der Waals surface area contributed by atoms with Gasteiger partial charge in [-0.1, -0.05) is 24.3 Å². The number of benzene rings is 1. The van der Waals surface area contributed by atoms with Crippen LogP contribution >= 0.6 is 11.3 Å². The number of rotatable bonds is 3. The quantitative estimate of drug-likeness (QED) is 0.652.